The van der Waals surface area contributed by atoms with Crippen molar-refractivity contribution in [3.05, 3.63) is 82.7 Å². The SMILES string of the molecule is COC(=O)c1cccnc1CC[C@]1(O)CCC2=Cc3c(cnn3-c3ccc(F)cc3)CC21C1CC1. The molecule has 1 unspecified atom stereocenters. The molecule has 0 spiro atoms. The van der Waals surface area contributed by atoms with E-state index in [0.717, 1.165) is 42.6 Å². The van der Waals surface area contributed by atoms with Gasteiger partial charge in [-0.3, -0.25) is 4.98 Å². The third-order valence-electron chi connectivity index (χ3n) is 8.29. The summed E-state index contributed by atoms with van der Waals surface area (Å²) in [5.74, 6) is -0.239. The molecule has 2 heterocycles. The predicted octanol–water partition coefficient (Wildman–Crippen LogP) is 4.69. The minimum absolute atomic E-state index is 0.273. The Bertz CT molecular complexity index is 1330. The van der Waals surface area contributed by atoms with E-state index in [2.05, 4.69) is 16.2 Å². The highest BCUT2D eigenvalue weighted by atomic mass is 19.1. The van der Waals surface area contributed by atoms with E-state index in [0.29, 0.717) is 36.4 Å². The quantitative estimate of drug-likeness (QED) is 0.526. The first kappa shape index (κ1) is 22.2. The fraction of sp³-hybridized carbons (Fsp3) is 0.393. The number of carbonyl (C=O) groups is 1. The number of aryl methyl sites for hydroxylation is 1. The highest BCUT2D eigenvalue weighted by Gasteiger charge is 2.63. The molecule has 3 aromatic rings. The smallest absolute Gasteiger partial charge is 0.339 e. The summed E-state index contributed by atoms with van der Waals surface area (Å²) in [7, 11) is 1.37. The second kappa shape index (κ2) is 8.12. The lowest BCUT2D eigenvalue weighted by Crippen LogP contribution is -2.49. The zero-order chi connectivity index (χ0) is 24.2. The van der Waals surface area contributed by atoms with Gasteiger partial charge in [0.1, 0.15) is 5.82 Å². The van der Waals surface area contributed by atoms with Crippen LogP contribution in [0.25, 0.3) is 11.8 Å². The first-order chi connectivity index (χ1) is 16.9. The van der Waals surface area contributed by atoms with E-state index < -0.39 is 11.6 Å². The Morgan fingerprint density at radius 3 is 2.80 bits per heavy atom. The van der Waals surface area contributed by atoms with Crippen LogP contribution in [0.2, 0.25) is 0 Å². The van der Waals surface area contributed by atoms with Crippen molar-refractivity contribution in [2.24, 2.45) is 11.3 Å². The average molecular weight is 474 g/mol. The van der Waals surface area contributed by atoms with Gasteiger partial charge in [0, 0.05) is 11.6 Å². The molecule has 1 N–H and O–H groups in total. The molecule has 1 aromatic carbocycles. The van der Waals surface area contributed by atoms with Gasteiger partial charge >= 0.3 is 5.97 Å². The summed E-state index contributed by atoms with van der Waals surface area (Å²) in [4.78, 5) is 16.7. The van der Waals surface area contributed by atoms with Gasteiger partial charge in [0.15, 0.2) is 0 Å². The molecule has 2 atom stereocenters. The minimum atomic E-state index is -0.888. The van der Waals surface area contributed by atoms with Crippen LogP contribution in [0.3, 0.4) is 0 Å². The molecule has 0 aliphatic heterocycles. The van der Waals surface area contributed by atoms with E-state index in [4.69, 9.17) is 4.74 Å². The molecule has 0 bridgehead atoms. The fourth-order valence-corrected chi connectivity index (χ4v) is 6.47. The Balaban J connectivity index is 1.34. The van der Waals surface area contributed by atoms with Crippen LogP contribution >= 0.6 is 0 Å². The van der Waals surface area contributed by atoms with E-state index in [1.807, 2.05) is 10.9 Å². The van der Waals surface area contributed by atoms with Crippen LogP contribution in [-0.2, 0) is 17.6 Å². The number of esters is 1. The molecular formula is C28H28FN3O3. The Hall–Kier alpha value is -3.32. The fourth-order valence-electron chi connectivity index (χ4n) is 6.47. The molecule has 35 heavy (non-hydrogen) atoms. The Morgan fingerprint density at radius 1 is 1.26 bits per heavy atom. The monoisotopic (exact) mass is 473 g/mol. The maximum atomic E-state index is 13.5. The molecule has 2 aromatic heterocycles. The minimum Gasteiger partial charge on any atom is -0.465 e. The second-order valence-electron chi connectivity index (χ2n) is 10.1. The molecule has 0 radical (unpaired) electrons. The van der Waals surface area contributed by atoms with Gasteiger partial charge < -0.3 is 9.84 Å². The molecule has 2 saturated carbocycles. The maximum Gasteiger partial charge on any atom is 0.339 e. The summed E-state index contributed by atoms with van der Waals surface area (Å²) >= 11 is 0. The van der Waals surface area contributed by atoms with E-state index >= 15 is 0 Å². The van der Waals surface area contributed by atoms with Crippen molar-refractivity contribution in [3.8, 4) is 5.69 Å². The van der Waals surface area contributed by atoms with Crippen molar-refractivity contribution in [1.82, 2.24) is 14.8 Å². The van der Waals surface area contributed by atoms with Gasteiger partial charge in [0.2, 0.25) is 0 Å². The molecule has 0 amide bonds. The number of aliphatic hydroxyl groups is 1. The van der Waals surface area contributed by atoms with Crippen molar-refractivity contribution in [2.45, 2.75) is 50.5 Å². The number of hydrogen-bond acceptors (Lipinski definition) is 5. The number of aromatic nitrogens is 3. The number of ether oxygens (including phenoxy) is 1. The zero-order valence-corrected chi connectivity index (χ0v) is 19.7. The van der Waals surface area contributed by atoms with Crippen LogP contribution in [-0.4, -0.2) is 38.6 Å². The summed E-state index contributed by atoms with van der Waals surface area (Å²) in [6.45, 7) is 0. The van der Waals surface area contributed by atoms with Crippen LogP contribution < -0.4 is 0 Å². The molecule has 180 valence electrons. The van der Waals surface area contributed by atoms with E-state index in [9.17, 15) is 14.3 Å². The summed E-state index contributed by atoms with van der Waals surface area (Å²) in [5, 5.41) is 16.8. The topological polar surface area (TPSA) is 77.2 Å². The third-order valence-corrected chi connectivity index (χ3v) is 8.29. The van der Waals surface area contributed by atoms with E-state index in [1.54, 1.807) is 30.5 Å². The van der Waals surface area contributed by atoms with Crippen molar-refractivity contribution >= 4 is 12.0 Å². The number of halogens is 1. The summed E-state index contributed by atoms with van der Waals surface area (Å²) in [5.41, 5.74) is 4.15. The molecule has 2 fully saturated rings. The molecule has 0 saturated heterocycles. The molecular weight excluding hydrogens is 445 g/mol. The van der Waals surface area contributed by atoms with Gasteiger partial charge in [0.25, 0.3) is 0 Å². The molecule has 6 nitrogen and oxygen atoms in total. The number of methoxy groups -OCH3 is 1. The number of rotatable bonds is 6. The Labute approximate surface area is 203 Å². The van der Waals surface area contributed by atoms with Crippen molar-refractivity contribution in [3.63, 3.8) is 0 Å². The van der Waals surface area contributed by atoms with Gasteiger partial charge in [-0.1, -0.05) is 5.57 Å². The first-order valence-electron chi connectivity index (χ1n) is 12.2. The Kier molecular flexibility index (Phi) is 5.14. The standard InChI is InChI=1S/C28H28FN3O3/c1-35-26(33)23-3-2-14-30-24(23)11-13-27(34)12-10-20-15-25-18(16-28(20,27)19-4-5-19)17-31-32(25)22-8-6-21(29)7-9-22/h2-3,6-9,14-15,17,19,34H,4-5,10-13,16H2,1H3/t27-,28?/m1/s1. The zero-order valence-electron chi connectivity index (χ0n) is 19.7. The van der Waals surface area contributed by atoms with Gasteiger partial charge in [0.05, 0.1) is 41.5 Å². The van der Waals surface area contributed by atoms with E-state index in [1.165, 1.54) is 24.8 Å². The van der Waals surface area contributed by atoms with E-state index in [-0.39, 0.29) is 11.2 Å². The van der Waals surface area contributed by atoms with Gasteiger partial charge in [-0.05, 0) is 98.9 Å². The molecule has 3 aliphatic carbocycles. The van der Waals surface area contributed by atoms with Crippen molar-refractivity contribution < 1.29 is 19.0 Å². The predicted molar refractivity (Wildman–Crippen MR) is 128 cm³/mol. The maximum absolute atomic E-state index is 13.5. The summed E-state index contributed by atoms with van der Waals surface area (Å²) in [6, 6.07) is 9.82. The third kappa shape index (κ3) is 3.44. The molecule has 7 heteroatoms. The average Bonchev–Trinajstić information content (AvgIpc) is 3.60. The second-order valence-corrected chi connectivity index (χ2v) is 10.1. The van der Waals surface area contributed by atoms with Crippen LogP contribution in [0.4, 0.5) is 4.39 Å². The number of hydrogen-bond donors (Lipinski definition) is 1. The Morgan fingerprint density at radius 2 is 2.06 bits per heavy atom. The number of nitrogens with zero attached hydrogens (tertiary/aromatic N) is 3. The number of pyridine rings is 1. The lowest BCUT2D eigenvalue weighted by Gasteiger charge is -2.46. The lowest BCUT2D eigenvalue weighted by atomic mass is 9.61. The highest BCUT2D eigenvalue weighted by molar-refractivity contribution is 5.90. The van der Waals surface area contributed by atoms with Crippen LogP contribution in [0.1, 0.15) is 59.4 Å². The van der Waals surface area contributed by atoms with Gasteiger partial charge in [-0.25, -0.2) is 13.9 Å². The van der Waals surface area contributed by atoms with Gasteiger partial charge in [-0.2, -0.15) is 5.10 Å². The lowest BCUT2D eigenvalue weighted by molar-refractivity contribution is -0.0662. The van der Waals surface area contributed by atoms with Crippen LogP contribution in [0.15, 0.2) is 54.4 Å². The largest absolute Gasteiger partial charge is 0.465 e. The van der Waals surface area contributed by atoms with Gasteiger partial charge in [-0.15, -0.1) is 0 Å². The molecule has 6 rings (SSSR count). The van der Waals surface area contributed by atoms with Crippen molar-refractivity contribution in [2.75, 3.05) is 7.11 Å². The van der Waals surface area contributed by atoms with Crippen LogP contribution in [0, 0.1) is 17.2 Å². The van der Waals surface area contributed by atoms with Crippen LogP contribution in [0.5, 0.6) is 0 Å². The molecule has 3 aliphatic rings. The van der Waals surface area contributed by atoms with Crippen molar-refractivity contribution in [1.29, 1.82) is 0 Å². The summed E-state index contributed by atoms with van der Waals surface area (Å²) in [6.07, 6.45) is 11.3. The highest BCUT2D eigenvalue weighted by Crippen LogP contribution is 2.66. The number of benzene rings is 1. The number of fused-ring (bicyclic) bond motifs is 2. The number of carbonyl (C=O) groups excluding carboxylic acids is 1. The first-order valence-corrected chi connectivity index (χ1v) is 12.2. The summed E-state index contributed by atoms with van der Waals surface area (Å²) < 4.78 is 20.3. The normalized spacial score (nSPS) is 25.1.